The molecule has 32 heavy (non-hydrogen) atoms. The standard InChI is InChI=1S/C26H29N3O3/c1-17-13-22(15-28-26(17)29-23-11-12-24(32-2)27-16-23)21-9-7-20(8-10-21)19-5-3-18(4-6-19)14-25(30)31/h7-13,15-16,18-19H,3-6,14H2,1-2H3,(H,28,29)(H,30,31). The molecule has 6 nitrogen and oxygen atoms in total. The van der Waals surface area contributed by atoms with Gasteiger partial charge in [0, 0.05) is 24.2 Å². The third-order valence-corrected chi connectivity index (χ3v) is 6.31. The summed E-state index contributed by atoms with van der Waals surface area (Å²) in [4.78, 5) is 19.8. The molecular formula is C26H29N3O3. The van der Waals surface area contributed by atoms with E-state index in [0.717, 1.165) is 53.9 Å². The average molecular weight is 432 g/mol. The number of methoxy groups -OCH3 is 1. The molecule has 1 fully saturated rings. The van der Waals surface area contributed by atoms with Crippen LogP contribution >= 0.6 is 0 Å². The van der Waals surface area contributed by atoms with Gasteiger partial charge in [-0.05, 0) is 73.3 Å². The summed E-state index contributed by atoms with van der Waals surface area (Å²) in [5.41, 5.74) is 5.48. The first kappa shape index (κ1) is 21.8. The fraction of sp³-hybridized carbons (Fsp3) is 0.346. The van der Waals surface area contributed by atoms with Crippen molar-refractivity contribution in [1.29, 1.82) is 0 Å². The number of anilines is 2. The molecule has 0 radical (unpaired) electrons. The van der Waals surface area contributed by atoms with Gasteiger partial charge in [0.05, 0.1) is 19.0 Å². The Balaban J connectivity index is 1.40. The highest BCUT2D eigenvalue weighted by Gasteiger charge is 2.24. The number of aliphatic carboxylic acids is 1. The Morgan fingerprint density at radius 1 is 1.03 bits per heavy atom. The maximum absolute atomic E-state index is 10.9. The number of nitrogens with zero attached hydrogens (tertiary/aromatic N) is 2. The second kappa shape index (κ2) is 9.81. The van der Waals surface area contributed by atoms with E-state index in [1.54, 1.807) is 13.3 Å². The van der Waals surface area contributed by atoms with Crippen LogP contribution < -0.4 is 10.1 Å². The molecule has 1 aromatic carbocycles. The van der Waals surface area contributed by atoms with Gasteiger partial charge in [-0.2, -0.15) is 0 Å². The van der Waals surface area contributed by atoms with E-state index in [1.807, 2.05) is 25.3 Å². The lowest BCUT2D eigenvalue weighted by Crippen LogP contribution is -2.16. The molecule has 1 aliphatic rings. The normalized spacial score (nSPS) is 18.2. The molecule has 4 rings (SSSR count). The molecule has 1 aliphatic carbocycles. The minimum absolute atomic E-state index is 0.303. The number of ether oxygens (including phenoxy) is 1. The van der Waals surface area contributed by atoms with Crippen LogP contribution in [0.15, 0.2) is 54.9 Å². The number of carbonyl (C=O) groups is 1. The summed E-state index contributed by atoms with van der Waals surface area (Å²) in [6.07, 6.45) is 8.05. The molecule has 1 saturated carbocycles. The Bertz CT molecular complexity index is 1060. The number of rotatable bonds is 7. The van der Waals surface area contributed by atoms with Crippen molar-refractivity contribution in [3.63, 3.8) is 0 Å². The van der Waals surface area contributed by atoms with E-state index < -0.39 is 5.97 Å². The first-order chi connectivity index (χ1) is 15.5. The predicted octanol–water partition coefficient (Wildman–Crippen LogP) is 5.95. The molecule has 2 aromatic heterocycles. The topological polar surface area (TPSA) is 84.3 Å². The SMILES string of the molecule is COc1ccc(Nc2ncc(-c3ccc(C4CCC(CC(=O)O)CC4)cc3)cc2C)cn1. The monoisotopic (exact) mass is 431 g/mol. The molecule has 166 valence electrons. The first-order valence-electron chi connectivity index (χ1n) is 11.1. The molecule has 3 aromatic rings. The number of aromatic nitrogens is 2. The van der Waals surface area contributed by atoms with Crippen molar-refractivity contribution >= 4 is 17.5 Å². The van der Waals surface area contributed by atoms with Crippen molar-refractivity contribution in [2.24, 2.45) is 5.92 Å². The van der Waals surface area contributed by atoms with Crippen LogP contribution in [-0.2, 0) is 4.79 Å². The molecular weight excluding hydrogens is 402 g/mol. The fourth-order valence-corrected chi connectivity index (χ4v) is 4.47. The van der Waals surface area contributed by atoms with E-state index >= 15 is 0 Å². The summed E-state index contributed by atoms with van der Waals surface area (Å²) in [5, 5.41) is 12.3. The van der Waals surface area contributed by atoms with Gasteiger partial charge in [-0.3, -0.25) is 4.79 Å². The first-order valence-corrected chi connectivity index (χ1v) is 11.1. The molecule has 0 bridgehead atoms. The third-order valence-electron chi connectivity index (χ3n) is 6.31. The second-order valence-corrected chi connectivity index (χ2v) is 8.54. The van der Waals surface area contributed by atoms with E-state index in [9.17, 15) is 4.79 Å². The van der Waals surface area contributed by atoms with Crippen LogP contribution in [0, 0.1) is 12.8 Å². The van der Waals surface area contributed by atoms with Gasteiger partial charge in [-0.25, -0.2) is 9.97 Å². The Morgan fingerprint density at radius 3 is 2.38 bits per heavy atom. The molecule has 0 atom stereocenters. The van der Waals surface area contributed by atoms with Gasteiger partial charge in [-0.15, -0.1) is 0 Å². The van der Waals surface area contributed by atoms with Gasteiger partial charge in [0.25, 0.3) is 0 Å². The summed E-state index contributed by atoms with van der Waals surface area (Å²) in [6, 6.07) is 14.6. The molecule has 0 spiro atoms. The van der Waals surface area contributed by atoms with Crippen LogP contribution in [0.5, 0.6) is 5.88 Å². The zero-order valence-corrected chi connectivity index (χ0v) is 18.5. The lowest BCUT2D eigenvalue weighted by atomic mass is 9.77. The lowest BCUT2D eigenvalue weighted by molar-refractivity contribution is -0.138. The van der Waals surface area contributed by atoms with E-state index in [2.05, 4.69) is 45.6 Å². The number of hydrogen-bond donors (Lipinski definition) is 2. The quantitative estimate of drug-likeness (QED) is 0.481. The Hall–Kier alpha value is -3.41. The van der Waals surface area contributed by atoms with Crippen LogP contribution in [0.1, 0.15) is 49.1 Å². The van der Waals surface area contributed by atoms with Crippen LogP contribution in [0.25, 0.3) is 11.1 Å². The molecule has 0 aliphatic heterocycles. The molecule has 0 amide bonds. The van der Waals surface area contributed by atoms with Crippen molar-refractivity contribution in [2.75, 3.05) is 12.4 Å². The van der Waals surface area contributed by atoms with Crippen molar-refractivity contribution < 1.29 is 14.6 Å². The van der Waals surface area contributed by atoms with Gasteiger partial charge >= 0.3 is 5.97 Å². The van der Waals surface area contributed by atoms with E-state index in [1.165, 1.54) is 5.56 Å². The van der Waals surface area contributed by atoms with Crippen LogP contribution in [0.3, 0.4) is 0 Å². The van der Waals surface area contributed by atoms with E-state index in [4.69, 9.17) is 9.84 Å². The smallest absolute Gasteiger partial charge is 0.303 e. The number of nitrogens with one attached hydrogen (secondary N) is 1. The van der Waals surface area contributed by atoms with E-state index in [0.29, 0.717) is 24.1 Å². The number of carboxylic acids is 1. The minimum Gasteiger partial charge on any atom is -0.481 e. The highest BCUT2D eigenvalue weighted by Crippen LogP contribution is 2.37. The van der Waals surface area contributed by atoms with E-state index in [-0.39, 0.29) is 0 Å². The summed E-state index contributed by atoms with van der Waals surface area (Å²) in [6.45, 7) is 2.04. The Kier molecular flexibility index (Phi) is 6.69. The van der Waals surface area contributed by atoms with Crippen LogP contribution in [0.4, 0.5) is 11.5 Å². The maximum atomic E-state index is 10.9. The molecule has 2 N–H and O–H groups in total. The van der Waals surface area contributed by atoms with Gasteiger partial charge in [-0.1, -0.05) is 24.3 Å². The van der Waals surface area contributed by atoms with Gasteiger partial charge in [0.2, 0.25) is 5.88 Å². The van der Waals surface area contributed by atoms with Gasteiger partial charge in [0.1, 0.15) is 5.82 Å². The average Bonchev–Trinajstić information content (AvgIpc) is 2.81. The molecule has 0 unspecified atom stereocenters. The number of benzene rings is 1. The largest absolute Gasteiger partial charge is 0.481 e. The van der Waals surface area contributed by atoms with Crippen molar-refractivity contribution in [2.45, 2.75) is 44.9 Å². The summed E-state index contributed by atoms with van der Waals surface area (Å²) in [5.74, 6) is 1.56. The molecule has 2 heterocycles. The van der Waals surface area contributed by atoms with Gasteiger partial charge < -0.3 is 15.2 Å². The zero-order chi connectivity index (χ0) is 22.5. The summed E-state index contributed by atoms with van der Waals surface area (Å²) in [7, 11) is 1.60. The van der Waals surface area contributed by atoms with Crippen LogP contribution in [0.2, 0.25) is 0 Å². The second-order valence-electron chi connectivity index (χ2n) is 8.54. The predicted molar refractivity (Wildman–Crippen MR) is 125 cm³/mol. The number of pyridine rings is 2. The molecule has 0 saturated heterocycles. The highest BCUT2D eigenvalue weighted by molar-refractivity contribution is 5.68. The summed E-state index contributed by atoms with van der Waals surface area (Å²) >= 11 is 0. The number of aryl methyl sites for hydroxylation is 1. The van der Waals surface area contributed by atoms with Gasteiger partial charge in [0.15, 0.2) is 0 Å². The summed E-state index contributed by atoms with van der Waals surface area (Å²) < 4.78 is 5.10. The van der Waals surface area contributed by atoms with Crippen molar-refractivity contribution in [3.8, 4) is 17.0 Å². The lowest BCUT2D eigenvalue weighted by Gasteiger charge is -2.28. The zero-order valence-electron chi connectivity index (χ0n) is 18.5. The number of hydrogen-bond acceptors (Lipinski definition) is 5. The Labute approximate surface area is 188 Å². The Morgan fingerprint density at radius 2 is 1.78 bits per heavy atom. The van der Waals surface area contributed by atoms with Crippen molar-refractivity contribution in [1.82, 2.24) is 9.97 Å². The van der Waals surface area contributed by atoms with Crippen LogP contribution in [-0.4, -0.2) is 28.2 Å². The maximum Gasteiger partial charge on any atom is 0.303 e. The molecule has 6 heteroatoms. The minimum atomic E-state index is -0.677. The fourth-order valence-electron chi connectivity index (χ4n) is 4.47. The van der Waals surface area contributed by atoms with Crippen molar-refractivity contribution in [3.05, 3.63) is 66.0 Å². The number of carboxylic acid groups (broad SMARTS) is 1. The third kappa shape index (κ3) is 5.25. The highest BCUT2D eigenvalue weighted by atomic mass is 16.5.